The fourth-order valence-electron chi connectivity index (χ4n) is 1.70. The van der Waals surface area contributed by atoms with Gasteiger partial charge in [-0.15, -0.1) is 0 Å². The Morgan fingerprint density at radius 2 is 1.80 bits per heavy atom. The van der Waals surface area contributed by atoms with Gasteiger partial charge in [0.25, 0.3) is 11.6 Å². The van der Waals surface area contributed by atoms with Crippen LogP contribution >= 0.6 is 0 Å². The molecule has 7 nitrogen and oxygen atoms in total. The van der Waals surface area contributed by atoms with Crippen molar-refractivity contribution in [3.8, 4) is 11.1 Å². The maximum Gasteiger partial charge on any atom is 0.269 e. The molecule has 0 spiro atoms. The van der Waals surface area contributed by atoms with Crippen molar-refractivity contribution >= 4 is 17.4 Å². The van der Waals surface area contributed by atoms with E-state index in [-0.39, 0.29) is 17.1 Å². The van der Waals surface area contributed by atoms with Gasteiger partial charge in [0.2, 0.25) is 0 Å². The number of carbonyl (C=O) groups excluding carboxylic acids is 1. The van der Waals surface area contributed by atoms with Gasteiger partial charge in [0.1, 0.15) is 5.82 Å². The number of hydrogen-bond acceptors (Lipinski definition) is 4. The van der Waals surface area contributed by atoms with E-state index < -0.39 is 10.8 Å². The van der Waals surface area contributed by atoms with E-state index in [2.05, 4.69) is 4.98 Å². The molecule has 20 heavy (non-hydrogen) atoms. The van der Waals surface area contributed by atoms with E-state index in [1.54, 1.807) is 0 Å². The SMILES string of the molecule is CC.NC(=O)c1c(-c2ccc([N+](=O)[O-])cc2)c[nH]c1N. The minimum Gasteiger partial charge on any atom is -0.385 e. The van der Waals surface area contributed by atoms with E-state index in [9.17, 15) is 14.9 Å². The van der Waals surface area contributed by atoms with Crippen LogP contribution in [-0.4, -0.2) is 15.8 Å². The Bertz CT molecular complexity index is 617. The van der Waals surface area contributed by atoms with E-state index >= 15 is 0 Å². The quantitative estimate of drug-likeness (QED) is 0.586. The highest BCUT2D eigenvalue weighted by molar-refractivity contribution is 6.04. The van der Waals surface area contributed by atoms with Gasteiger partial charge in [-0.3, -0.25) is 14.9 Å². The lowest BCUT2D eigenvalue weighted by Gasteiger charge is -2.01. The summed E-state index contributed by atoms with van der Waals surface area (Å²) in [5.41, 5.74) is 12.1. The molecule has 1 aromatic carbocycles. The number of hydrogen-bond donors (Lipinski definition) is 3. The second-order valence-corrected chi connectivity index (χ2v) is 3.66. The zero-order valence-corrected chi connectivity index (χ0v) is 11.2. The molecular weight excluding hydrogens is 260 g/mol. The highest BCUT2D eigenvalue weighted by Crippen LogP contribution is 2.28. The van der Waals surface area contributed by atoms with Gasteiger partial charge in [-0.05, 0) is 17.7 Å². The van der Waals surface area contributed by atoms with Crippen LogP contribution < -0.4 is 11.5 Å². The molecule has 5 N–H and O–H groups in total. The summed E-state index contributed by atoms with van der Waals surface area (Å²) in [6.45, 7) is 4.00. The van der Waals surface area contributed by atoms with Crippen LogP contribution in [0.25, 0.3) is 11.1 Å². The number of rotatable bonds is 3. The van der Waals surface area contributed by atoms with Crippen LogP contribution in [0.15, 0.2) is 30.5 Å². The zero-order valence-electron chi connectivity index (χ0n) is 11.2. The number of nitrogens with two attached hydrogens (primary N) is 2. The Morgan fingerprint density at radius 1 is 1.25 bits per heavy atom. The summed E-state index contributed by atoms with van der Waals surface area (Å²) < 4.78 is 0. The second kappa shape index (κ2) is 6.37. The van der Waals surface area contributed by atoms with Gasteiger partial charge < -0.3 is 16.5 Å². The van der Waals surface area contributed by atoms with Crippen LogP contribution in [0.5, 0.6) is 0 Å². The summed E-state index contributed by atoms with van der Waals surface area (Å²) in [5, 5.41) is 10.5. The van der Waals surface area contributed by atoms with Gasteiger partial charge in [0.15, 0.2) is 0 Å². The molecule has 0 aliphatic carbocycles. The average molecular weight is 276 g/mol. The third-order valence-electron chi connectivity index (χ3n) is 2.55. The molecule has 1 amide bonds. The Labute approximate surface area is 115 Å². The summed E-state index contributed by atoms with van der Waals surface area (Å²) in [6, 6.07) is 5.77. The zero-order chi connectivity index (χ0) is 15.3. The van der Waals surface area contributed by atoms with Crippen molar-refractivity contribution in [1.29, 1.82) is 0 Å². The summed E-state index contributed by atoms with van der Waals surface area (Å²) in [7, 11) is 0. The first-order chi connectivity index (χ1) is 9.50. The number of benzene rings is 1. The highest BCUT2D eigenvalue weighted by Gasteiger charge is 2.16. The van der Waals surface area contributed by atoms with E-state index in [1.165, 1.54) is 30.5 Å². The van der Waals surface area contributed by atoms with Gasteiger partial charge in [0, 0.05) is 23.9 Å². The number of nitrogens with one attached hydrogen (secondary N) is 1. The first-order valence-electron chi connectivity index (χ1n) is 6.02. The fourth-order valence-corrected chi connectivity index (χ4v) is 1.70. The van der Waals surface area contributed by atoms with Crippen LogP contribution in [0.3, 0.4) is 0 Å². The van der Waals surface area contributed by atoms with Crippen LogP contribution in [-0.2, 0) is 0 Å². The summed E-state index contributed by atoms with van der Waals surface area (Å²) in [6.07, 6.45) is 1.54. The Balaban J connectivity index is 0.000000956. The molecule has 1 aromatic heterocycles. The number of aromatic nitrogens is 1. The number of nitrogens with zero attached hydrogens (tertiary/aromatic N) is 1. The van der Waals surface area contributed by atoms with E-state index in [0.29, 0.717) is 11.1 Å². The van der Waals surface area contributed by atoms with Crippen molar-refractivity contribution < 1.29 is 9.72 Å². The molecule has 0 bridgehead atoms. The molecule has 0 aliphatic rings. The highest BCUT2D eigenvalue weighted by atomic mass is 16.6. The number of H-pyrrole nitrogens is 1. The van der Waals surface area contributed by atoms with E-state index in [1.807, 2.05) is 13.8 Å². The number of non-ortho nitro benzene ring substituents is 1. The summed E-state index contributed by atoms with van der Waals surface area (Å²) in [4.78, 5) is 24.0. The summed E-state index contributed by atoms with van der Waals surface area (Å²) in [5.74, 6) is -0.474. The van der Waals surface area contributed by atoms with Crippen molar-refractivity contribution in [2.75, 3.05) is 5.73 Å². The number of primary amides is 1. The smallest absolute Gasteiger partial charge is 0.269 e. The molecule has 2 aromatic rings. The van der Waals surface area contributed by atoms with Gasteiger partial charge in [-0.25, -0.2) is 0 Å². The largest absolute Gasteiger partial charge is 0.385 e. The number of amides is 1. The minimum absolute atomic E-state index is 0.0251. The van der Waals surface area contributed by atoms with Crippen molar-refractivity contribution in [1.82, 2.24) is 4.98 Å². The molecule has 1 heterocycles. The average Bonchev–Trinajstić information content (AvgIpc) is 2.83. The number of nitrogen functional groups attached to an aromatic ring is 1. The first-order valence-corrected chi connectivity index (χ1v) is 6.02. The number of nitro benzene ring substituents is 1. The fraction of sp³-hybridized carbons (Fsp3) is 0.154. The predicted octanol–water partition coefficient (Wildman–Crippen LogP) is 2.30. The van der Waals surface area contributed by atoms with Gasteiger partial charge >= 0.3 is 0 Å². The van der Waals surface area contributed by atoms with E-state index in [0.717, 1.165) is 0 Å². The van der Waals surface area contributed by atoms with Crippen molar-refractivity contribution in [2.24, 2.45) is 5.73 Å². The van der Waals surface area contributed by atoms with Gasteiger partial charge in [-0.1, -0.05) is 13.8 Å². The summed E-state index contributed by atoms with van der Waals surface area (Å²) >= 11 is 0. The molecule has 106 valence electrons. The van der Waals surface area contributed by atoms with E-state index in [4.69, 9.17) is 11.5 Å². The molecule has 2 rings (SSSR count). The standard InChI is InChI=1S/C11H10N4O3.C2H6/c12-10-9(11(13)16)8(5-14-10)6-1-3-7(4-2-6)15(17)18;1-2/h1-5,14H,12H2,(H2,13,16);1-2H3. The number of nitro groups is 1. The van der Waals surface area contributed by atoms with Gasteiger partial charge in [-0.2, -0.15) is 0 Å². The Kier molecular flexibility index (Phi) is 4.85. The topological polar surface area (TPSA) is 128 Å². The molecule has 0 saturated carbocycles. The number of aromatic amines is 1. The molecule has 0 saturated heterocycles. The molecular formula is C13H16N4O3. The van der Waals surface area contributed by atoms with Crippen LogP contribution in [0.1, 0.15) is 24.2 Å². The number of anilines is 1. The maximum absolute atomic E-state index is 11.3. The normalized spacial score (nSPS) is 9.50. The number of carbonyl (C=O) groups is 1. The predicted molar refractivity (Wildman–Crippen MR) is 77.2 cm³/mol. The maximum atomic E-state index is 11.3. The Morgan fingerprint density at radius 3 is 2.25 bits per heavy atom. The Hall–Kier alpha value is -2.83. The van der Waals surface area contributed by atoms with Crippen molar-refractivity contribution in [2.45, 2.75) is 13.8 Å². The van der Waals surface area contributed by atoms with Crippen LogP contribution in [0.2, 0.25) is 0 Å². The monoisotopic (exact) mass is 276 g/mol. The molecule has 0 atom stereocenters. The molecule has 0 fully saturated rings. The lowest BCUT2D eigenvalue weighted by molar-refractivity contribution is -0.384. The minimum atomic E-state index is -0.651. The third-order valence-corrected chi connectivity index (χ3v) is 2.55. The molecule has 0 unspecified atom stereocenters. The second-order valence-electron chi connectivity index (χ2n) is 3.66. The lowest BCUT2D eigenvalue weighted by atomic mass is 10.0. The third kappa shape index (κ3) is 2.94. The molecule has 0 radical (unpaired) electrons. The lowest BCUT2D eigenvalue weighted by Crippen LogP contribution is -2.13. The molecule has 0 aliphatic heterocycles. The van der Waals surface area contributed by atoms with Crippen molar-refractivity contribution in [3.05, 3.63) is 46.1 Å². The van der Waals surface area contributed by atoms with Gasteiger partial charge in [0.05, 0.1) is 10.5 Å². The molecule has 7 heteroatoms. The van der Waals surface area contributed by atoms with Crippen LogP contribution in [0, 0.1) is 10.1 Å². The van der Waals surface area contributed by atoms with Crippen LogP contribution in [0.4, 0.5) is 11.5 Å². The first kappa shape index (κ1) is 15.2. The van der Waals surface area contributed by atoms with Crippen molar-refractivity contribution in [3.63, 3.8) is 0 Å².